The van der Waals surface area contributed by atoms with Crippen molar-refractivity contribution in [1.82, 2.24) is 5.32 Å². The molecular formula is C11H20N2O. The summed E-state index contributed by atoms with van der Waals surface area (Å²) < 4.78 is 5.52. The number of hydrogen-bond acceptors (Lipinski definition) is 3. The van der Waals surface area contributed by atoms with Crippen LogP contribution in [0.1, 0.15) is 37.3 Å². The Morgan fingerprint density at radius 2 is 2.21 bits per heavy atom. The summed E-state index contributed by atoms with van der Waals surface area (Å²) in [5.74, 6) is 1.98. The van der Waals surface area contributed by atoms with E-state index in [4.69, 9.17) is 10.2 Å². The van der Waals surface area contributed by atoms with E-state index in [9.17, 15) is 0 Å². The number of nitrogens with one attached hydrogen (secondary N) is 1. The smallest absolute Gasteiger partial charge is 0.120 e. The Bertz CT molecular complexity index is 258. The zero-order chi connectivity index (χ0) is 10.4. The van der Waals surface area contributed by atoms with E-state index in [1.165, 1.54) is 0 Å². The van der Waals surface area contributed by atoms with E-state index >= 15 is 0 Å². The van der Waals surface area contributed by atoms with Crippen molar-refractivity contribution in [2.24, 2.45) is 5.73 Å². The Kier molecular flexibility index (Phi) is 4.70. The van der Waals surface area contributed by atoms with Crippen molar-refractivity contribution in [2.45, 2.75) is 32.7 Å². The van der Waals surface area contributed by atoms with E-state index in [0.29, 0.717) is 6.04 Å². The zero-order valence-corrected chi connectivity index (χ0v) is 9.05. The second-order valence-electron chi connectivity index (χ2n) is 3.62. The lowest BCUT2D eigenvalue weighted by atomic mass is 10.2. The SMILES string of the molecule is Cc1ccc(C(C)NCCCCN)o1. The van der Waals surface area contributed by atoms with E-state index in [2.05, 4.69) is 12.2 Å². The Hall–Kier alpha value is -0.800. The predicted molar refractivity (Wildman–Crippen MR) is 58.2 cm³/mol. The fourth-order valence-corrected chi connectivity index (χ4v) is 1.37. The summed E-state index contributed by atoms with van der Waals surface area (Å²) in [5, 5.41) is 3.40. The van der Waals surface area contributed by atoms with Crippen molar-refractivity contribution < 1.29 is 4.42 Å². The minimum Gasteiger partial charge on any atom is -0.465 e. The third-order valence-corrected chi connectivity index (χ3v) is 2.27. The maximum absolute atomic E-state index is 5.52. The van der Waals surface area contributed by atoms with Gasteiger partial charge in [-0.3, -0.25) is 0 Å². The van der Waals surface area contributed by atoms with Gasteiger partial charge in [-0.25, -0.2) is 0 Å². The van der Waals surface area contributed by atoms with Gasteiger partial charge in [0.25, 0.3) is 0 Å². The van der Waals surface area contributed by atoms with Gasteiger partial charge in [-0.1, -0.05) is 0 Å². The molecule has 14 heavy (non-hydrogen) atoms. The van der Waals surface area contributed by atoms with E-state index in [-0.39, 0.29) is 0 Å². The van der Waals surface area contributed by atoms with Crippen LogP contribution < -0.4 is 11.1 Å². The van der Waals surface area contributed by atoms with Crippen molar-refractivity contribution in [1.29, 1.82) is 0 Å². The van der Waals surface area contributed by atoms with Gasteiger partial charge in [0.15, 0.2) is 0 Å². The molecule has 1 rings (SSSR count). The van der Waals surface area contributed by atoms with Crippen LogP contribution in [0.4, 0.5) is 0 Å². The van der Waals surface area contributed by atoms with Gasteiger partial charge >= 0.3 is 0 Å². The molecule has 0 saturated heterocycles. The lowest BCUT2D eigenvalue weighted by molar-refractivity contribution is 0.414. The van der Waals surface area contributed by atoms with E-state index in [1.807, 2.05) is 19.1 Å². The molecule has 80 valence electrons. The summed E-state index contributed by atoms with van der Waals surface area (Å²) in [4.78, 5) is 0. The lowest BCUT2D eigenvalue weighted by Gasteiger charge is -2.10. The number of aryl methyl sites for hydroxylation is 1. The van der Waals surface area contributed by atoms with Crippen LogP contribution >= 0.6 is 0 Å². The summed E-state index contributed by atoms with van der Waals surface area (Å²) in [6, 6.07) is 4.31. The Morgan fingerprint density at radius 1 is 1.43 bits per heavy atom. The average Bonchev–Trinajstić information content (AvgIpc) is 2.59. The summed E-state index contributed by atoms with van der Waals surface area (Å²) in [6.07, 6.45) is 2.21. The second-order valence-corrected chi connectivity index (χ2v) is 3.62. The molecule has 1 atom stereocenters. The summed E-state index contributed by atoms with van der Waals surface area (Å²) in [5.41, 5.74) is 5.41. The lowest BCUT2D eigenvalue weighted by Crippen LogP contribution is -2.20. The van der Waals surface area contributed by atoms with Gasteiger partial charge in [0.1, 0.15) is 11.5 Å². The van der Waals surface area contributed by atoms with Gasteiger partial charge in [0.05, 0.1) is 6.04 Å². The van der Waals surface area contributed by atoms with Crippen LogP contribution in [0.2, 0.25) is 0 Å². The van der Waals surface area contributed by atoms with Crippen LogP contribution in [0.5, 0.6) is 0 Å². The molecule has 0 aliphatic heterocycles. The van der Waals surface area contributed by atoms with E-state index < -0.39 is 0 Å². The first kappa shape index (κ1) is 11.3. The first-order valence-electron chi connectivity index (χ1n) is 5.24. The van der Waals surface area contributed by atoms with Crippen LogP contribution in [0, 0.1) is 6.92 Å². The van der Waals surface area contributed by atoms with Crippen molar-refractivity contribution in [2.75, 3.05) is 13.1 Å². The van der Waals surface area contributed by atoms with Crippen LogP contribution in [0.15, 0.2) is 16.5 Å². The monoisotopic (exact) mass is 196 g/mol. The molecule has 1 unspecified atom stereocenters. The van der Waals surface area contributed by atoms with Crippen molar-refractivity contribution >= 4 is 0 Å². The maximum atomic E-state index is 5.52. The number of nitrogens with two attached hydrogens (primary N) is 1. The minimum absolute atomic E-state index is 0.293. The highest BCUT2D eigenvalue weighted by Crippen LogP contribution is 2.15. The Labute approximate surface area is 85.7 Å². The summed E-state index contributed by atoms with van der Waals surface area (Å²) >= 11 is 0. The predicted octanol–water partition coefficient (Wildman–Crippen LogP) is 1.98. The van der Waals surface area contributed by atoms with Crippen LogP contribution in [0.3, 0.4) is 0 Å². The third kappa shape index (κ3) is 3.52. The normalized spacial score (nSPS) is 13.1. The van der Waals surface area contributed by atoms with Gasteiger partial charge in [0.2, 0.25) is 0 Å². The van der Waals surface area contributed by atoms with Crippen molar-refractivity contribution in [3.05, 3.63) is 23.7 Å². The molecule has 0 aromatic carbocycles. The molecule has 3 heteroatoms. The van der Waals surface area contributed by atoms with E-state index in [1.54, 1.807) is 0 Å². The molecule has 1 heterocycles. The molecule has 0 amide bonds. The molecular weight excluding hydrogens is 176 g/mol. The standard InChI is InChI=1S/C11H20N2O/c1-9-5-6-11(14-9)10(2)13-8-4-3-7-12/h5-6,10,13H,3-4,7-8,12H2,1-2H3. The van der Waals surface area contributed by atoms with Gasteiger partial charge < -0.3 is 15.5 Å². The second kappa shape index (κ2) is 5.83. The van der Waals surface area contributed by atoms with Gasteiger partial charge in [-0.05, 0) is 51.9 Å². The van der Waals surface area contributed by atoms with Gasteiger partial charge in [-0.15, -0.1) is 0 Å². The fourth-order valence-electron chi connectivity index (χ4n) is 1.37. The van der Waals surface area contributed by atoms with Crippen LogP contribution in [-0.4, -0.2) is 13.1 Å². The Balaban J connectivity index is 2.25. The third-order valence-electron chi connectivity index (χ3n) is 2.27. The number of unbranched alkanes of at least 4 members (excludes halogenated alkanes) is 1. The van der Waals surface area contributed by atoms with Crippen LogP contribution in [-0.2, 0) is 0 Å². The van der Waals surface area contributed by atoms with Crippen LogP contribution in [0.25, 0.3) is 0 Å². The first-order chi connectivity index (χ1) is 6.74. The van der Waals surface area contributed by atoms with E-state index in [0.717, 1.165) is 37.5 Å². The quantitative estimate of drug-likeness (QED) is 0.684. The summed E-state index contributed by atoms with van der Waals surface area (Å²) in [7, 11) is 0. The summed E-state index contributed by atoms with van der Waals surface area (Å²) in [6.45, 7) is 5.85. The fraction of sp³-hybridized carbons (Fsp3) is 0.636. The molecule has 0 spiro atoms. The Morgan fingerprint density at radius 3 is 2.79 bits per heavy atom. The molecule has 0 aliphatic carbocycles. The molecule has 0 bridgehead atoms. The van der Waals surface area contributed by atoms with Gasteiger partial charge in [0, 0.05) is 0 Å². The molecule has 3 N–H and O–H groups in total. The average molecular weight is 196 g/mol. The molecule has 0 saturated carbocycles. The first-order valence-corrected chi connectivity index (χ1v) is 5.24. The minimum atomic E-state index is 0.293. The highest BCUT2D eigenvalue weighted by Gasteiger charge is 2.07. The molecule has 1 aromatic heterocycles. The highest BCUT2D eigenvalue weighted by atomic mass is 16.3. The maximum Gasteiger partial charge on any atom is 0.120 e. The largest absolute Gasteiger partial charge is 0.465 e. The topological polar surface area (TPSA) is 51.2 Å². The molecule has 0 fully saturated rings. The van der Waals surface area contributed by atoms with Crippen molar-refractivity contribution in [3.63, 3.8) is 0 Å². The number of hydrogen-bond donors (Lipinski definition) is 2. The highest BCUT2D eigenvalue weighted by molar-refractivity contribution is 5.08. The molecule has 0 radical (unpaired) electrons. The molecule has 3 nitrogen and oxygen atoms in total. The molecule has 1 aromatic rings. The zero-order valence-electron chi connectivity index (χ0n) is 9.05. The number of rotatable bonds is 6. The van der Waals surface area contributed by atoms with Gasteiger partial charge in [-0.2, -0.15) is 0 Å². The van der Waals surface area contributed by atoms with Crippen molar-refractivity contribution in [3.8, 4) is 0 Å². The molecule has 0 aliphatic rings. The number of furan rings is 1.